The zero-order valence-corrected chi connectivity index (χ0v) is 13.6. The molecule has 1 heterocycles. The summed E-state index contributed by atoms with van der Waals surface area (Å²) in [4.78, 5) is 4.41. The average molecular weight is 345 g/mol. The zero-order valence-electron chi connectivity index (χ0n) is 12.0. The number of likely N-dealkylation sites (tertiary alicyclic amines) is 1. The highest BCUT2D eigenvalue weighted by Gasteiger charge is 2.30. The second kappa shape index (κ2) is 6.98. The second-order valence-corrected chi connectivity index (χ2v) is 6.65. The topological polar surface area (TPSA) is 26.7 Å². The summed E-state index contributed by atoms with van der Waals surface area (Å²) in [6.45, 7) is 2.54. The normalized spacial score (nSPS) is 24.3. The van der Waals surface area contributed by atoms with Crippen LogP contribution in [0.5, 0.6) is 0 Å². The molecule has 0 aliphatic carbocycles. The molecule has 112 valence electrons. The first-order chi connectivity index (χ1) is 9.51. The van der Waals surface area contributed by atoms with E-state index in [0.717, 1.165) is 24.0 Å². The number of nitrogens with zero attached hydrogens (tertiary/aromatic N) is 2. The quantitative estimate of drug-likeness (QED) is 0.908. The van der Waals surface area contributed by atoms with E-state index < -0.39 is 0 Å². The summed E-state index contributed by atoms with van der Waals surface area (Å²) in [5, 5.41) is 9.55. The van der Waals surface area contributed by atoms with E-state index in [1.54, 1.807) is 0 Å². The van der Waals surface area contributed by atoms with Gasteiger partial charge in [0.2, 0.25) is 0 Å². The molecule has 1 aliphatic heterocycles. The zero-order chi connectivity index (χ0) is 14.7. The Hall–Kier alpha value is -0.490. The lowest BCUT2D eigenvalue weighted by atomic mass is 9.91. The van der Waals surface area contributed by atoms with Crippen molar-refractivity contribution in [1.82, 2.24) is 9.80 Å². The number of rotatable bonds is 4. The van der Waals surface area contributed by atoms with Crippen molar-refractivity contribution < 1.29 is 9.50 Å². The van der Waals surface area contributed by atoms with Crippen LogP contribution in [0.3, 0.4) is 0 Å². The first kappa shape index (κ1) is 15.9. The number of halogens is 2. The number of benzene rings is 1. The number of aliphatic hydroxyl groups is 1. The molecule has 0 unspecified atom stereocenters. The molecule has 1 N–H and O–H groups in total. The summed E-state index contributed by atoms with van der Waals surface area (Å²) >= 11 is 3.27. The van der Waals surface area contributed by atoms with Gasteiger partial charge >= 0.3 is 0 Å². The van der Waals surface area contributed by atoms with Crippen molar-refractivity contribution in [3.8, 4) is 0 Å². The fourth-order valence-electron chi connectivity index (χ4n) is 2.99. The van der Waals surface area contributed by atoms with Crippen LogP contribution in [0.1, 0.15) is 12.0 Å². The summed E-state index contributed by atoms with van der Waals surface area (Å²) < 4.78 is 14.6. The molecule has 0 aromatic heterocycles. The summed E-state index contributed by atoms with van der Waals surface area (Å²) in [6.07, 6.45) is 1.01. The van der Waals surface area contributed by atoms with Gasteiger partial charge in [0.05, 0.1) is 0 Å². The van der Waals surface area contributed by atoms with Crippen molar-refractivity contribution >= 4 is 15.9 Å². The highest BCUT2D eigenvalue weighted by molar-refractivity contribution is 9.10. The van der Waals surface area contributed by atoms with E-state index in [-0.39, 0.29) is 18.3 Å². The first-order valence-corrected chi connectivity index (χ1v) is 7.74. The Morgan fingerprint density at radius 2 is 2.20 bits per heavy atom. The molecule has 3 nitrogen and oxygen atoms in total. The van der Waals surface area contributed by atoms with E-state index in [9.17, 15) is 9.50 Å². The molecule has 0 saturated carbocycles. The Bertz CT molecular complexity index is 455. The van der Waals surface area contributed by atoms with Crippen LogP contribution in [0, 0.1) is 11.7 Å². The van der Waals surface area contributed by atoms with Crippen molar-refractivity contribution in [3.05, 3.63) is 34.1 Å². The largest absolute Gasteiger partial charge is 0.396 e. The van der Waals surface area contributed by atoms with Gasteiger partial charge in [-0.05, 0) is 32.6 Å². The minimum atomic E-state index is -0.172. The summed E-state index contributed by atoms with van der Waals surface area (Å²) in [5.41, 5.74) is 0.716. The third-order valence-corrected chi connectivity index (χ3v) is 4.58. The van der Waals surface area contributed by atoms with E-state index in [1.807, 2.05) is 12.1 Å². The molecule has 0 amide bonds. The molecule has 1 aromatic carbocycles. The van der Waals surface area contributed by atoms with E-state index in [1.165, 1.54) is 6.07 Å². The molecule has 1 fully saturated rings. The standard InChI is InChI=1S/C15H22BrFN2O/c1-18(2)15-5-6-19(9-12(15)10-20)8-11-3-4-13(16)7-14(11)17/h3-4,7,12,15,20H,5-6,8-10H2,1-2H3/t12-,15-/m1/s1. The summed E-state index contributed by atoms with van der Waals surface area (Å²) in [7, 11) is 4.11. The predicted molar refractivity (Wildman–Crippen MR) is 82.0 cm³/mol. The van der Waals surface area contributed by atoms with Crippen molar-refractivity contribution in [2.75, 3.05) is 33.8 Å². The molecular formula is C15H22BrFN2O. The van der Waals surface area contributed by atoms with E-state index in [0.29, 0.717) is 18.2 Å². The highest BCUT2D eigenvalue weighted by atomic mass is 79.9. The average Bonchev–Trinajstić information content (AvgIpc) is 2.41. The van der Waals surface area contributed by atoms with Crippen molar-refractivity contribution in [3.63, 3.8) is 0 Å². The van der Waals surface area contributed by atoms with Crippen molar-refractivity contribution in [2.24, 2.45) is 5.92 Å². The van der Waals surface area contributed by atoms with Crippen LogP contribution in [0.2, 0.25) is 0 Å². The first-order valence-electron chi connectivity index (χ1n) is 6.95. The monoisotopic (exact) mass is 344 g/mol. The smallest absolute Gasteiger partial charge is 0.128 e. The van der Waals surface area contributed by atoms with Crippen molar-refractivity contribution in [1.29, 1.82) is 0 Å². The van der Waals surface area contributed by atoms with Crippen LogP contribution in [0.25, 0.3) is 0 Å². The Morgan fingerprint density at radius 1 is 1.45 bits per heavy atom. The molecule has 0 spiro atoms. The molecule has 1 aromatic rings. The minimum absolute atomic E-state index is 0.172. The van der Waals surface area contributed by atoms with E-state index in [4.69, 9.17) is 0 Å². The molecule has 1 saturated heterocycles. The fraction of sp³-hybridized carbons (Fsp3) is 0.600. The van der Waals surface area contributed by atoms with Crippen LogP contribution >= 0.6 is 15.9 Å². The van der Waals surface area contributed by atoms with Gasteiger partial charge in [0.1, 0.15) is 5.82 Å². The van der Waals surface area contributed by atoms with Gasteiger partial charge in [-0.15, -0.1) is 0 Å². The molecule has 5 heteroatoms. The lowest BCUT2D eigenvalue weighted by molar-refractivity contribution is 0.0450. The minimum Gasteiger partial charge on any atom is -0.396 e. The van der Waals surface area contributed by atoms with Gasteiger partial charge in [-0.25, -0.2) is 4.39 Å². The maximum atomic E-state index is 13.9. The third-order valence-electron chi connectivity index (χ3n) is 4.08. The number of hydrogen-bond donors (Lipinski definition) is 1. The molecular weight excluding hydrogens is 323 g/mol. The van der Waals surface area contributed by atoms with Crippen molar-refractivity contribution in [2.45, 2.75) is 19.0 Å². The van der Waals surface area contributed by atoms with Gasteiger partial charge in [-0.1, -0.05) is 22.0 Å². The third kappa shape index (κ3) is 3.79. The molecule has 2 rings (SSSR count). The SMILES string of the molecule is CN(C)[C@@H]1CCN(Cc2ccc(Br)cc2F)C[C@@H]1CO. The van der Waals surface area contributed by atoms with Gasteiger partial charge in [0.25, 0.3) is 0 Å². The Morgan fingerprint density at radius 3 is 2.80 bits per heavy atom. The van der Waals surface area contributed by atoms with Crippen LogP contribution in [-0.2, 0) is 6.54 Å². The maximum Gasteiger partial charge on any atom is 0.128 e. The van der Waals surface area contributed by atoms with E-state index >= 15 is 0 Å². The molecule has 0 bridgehead atoms. The molecule has 2 atom stereocenters. The van der Waals surface area contributed by atoms with Crippen LogP contribution in [0.15, 0.2) is 22.7 Å². The summed E-state index contributed by atoms with van der Waals surface area (Å²) in [5.74, 6) is 0.0620. The highest BCUT2D eigenvalue weighted by Crippen LogP contribution is 2.23. The lowest BCUT2D eigenvalue weighted by Gasteiger charge is -2.40. The number of hydrogen-bond acceptors (Lipinski definition) is 3. The van der Waals surface area contributed by atoms with Crippen LogP contribution in [0.4, 0.5) is 4.39 Å². The Labute approximate surface area is 128 Å². The Kier molecular flexibility index (Phi) is 5.55. The Balaban J connectivity index is 2.01. The van der Waals surface area contributed by atoms with E-state index in [2.05, 4.69) is 39.8 Å². The maximum absolute atomic E-state index is 13.9. The lowest BCUT2D eigenvalue weighted by Crippen LogP contribution is -2.49. The fourth-order valence-corrected chi connectivity index (χ4v) is 3.32. The number of aliphatic hydroxyl groups excluding tert-OH is 1. The molecule has 20 heavy (non-hydrogen) atoms. The number of piperidine rings is 1. The predicted octanol–water partition coefficient (Wildman–Crippen LogP) is 2.33. The second-order valence-electron chi connectivity index (χ2n) is 5.73. The van der Waals surface area contributed by atoms with Crippen LogP contribution in [-0.4, -0.2) is 54.7 Å². The van der Waals surface area contributed by atoms with Gasteiger partial charge < -0.3 is 10.0 Å². The molecule has 0 radical (unpaired) electrons. The molecule has 1 aliphatic rings. The van der Waals surface area contributed by atoms with Gasteiger partial charge in [-0.2, -0.15) is 0 Å². The van der Waals surface area contributed by atoms with Gasteiger partial charge in [0, 0.05) is 48.2 Å². The van der Waals surface area contributed by atoms with Gasteiger partial charge in [0.15, 0.2) is 0 Å². The van der Waals surface area contributed by atoms with Crippen LogP contribution < -0.4 is 0 Å². The summed E-state index contributed by atoms with van der Waals surface area (Å²) in [6, 6.07) is 5.61. The van der Waals surface area contributed by atoms with Gasteiger partial charge in [-0.3, -0.25) is 4.90 Å².